The van der Waals surface area contributed by atoms with Crippen molar-refractivity contribution in [1.29, 1.82) is 0 Å². The molecule has 3 rings (SSSR count). The highest BCUT2D eigenvalue weighted by Gasteiger charge is 2.23. The number of thioether (sulfide) groups is 1. The Hall–Kier alpha value is -1.98. The monoisotopic (exact) mass is 402 g/mol. The Bertz CT molecular complexity index is 854. The lowest BCUT2D eigenvalue weighted by Crippen LogP contribution is -2.39. The van der Waals surface area contributed by atoms with Crippen LogP contribution in [0, 0.1) is 13.8 Å². The molecule has 27 heavy (non-hydrogen) atoms. The number of halogens is 1. The minimum atomic E-state index is 0.0262. The molecule has 1 aliphatic rings. The minimum absolute atomic E-state index is 0.0262. The lowest BCUT2D eigenvalue weighted by molar-refractivity contribution is -0.127. The first-order chi connectivity index (χ1) is 13.0. The maximum absolute atomic E-state index is 12.7. The van der Waals surface area contributed by atoms with E-state index in [2.05, 4.69) is 11.1 Å². The van der Waals surface area contributed by atoms with Gasteiger partial charge in [0.1, 0.15) is 5.75 Å². The number of aliphatic imine (C=N–C) groups is 1. The molecule has 142 valence electrons. The van der Waals surface area contributed by atoms with Gasteiger partial charge in [-0.2, -0.15) is 0 Å². The molecule has 0 atom stereocenters. The van der Waals surface area contributed by atoms with Crippen molar-refractivity contribution >= 4 is 40.1 Å². The fourth-order valence-electron chi connectivity index (χ4n) is 2.78. The van der Waals surface area contributed by atoms with Gasteiger partial charge in [0.2, 0.25) is 5.91 Å². The summed E-state index contributed by atoms with van der Waals surface area (Å²) >= 11 is 7.80. The van der Waals surface area contributed by atoms with E-state index in [1.54, 1.807) is 22.7 Å². The van der Waals surface area contributed by atoms with Crippen LogP contribution in [-0.2, 0) is 4.79 Å². The van der Waals surface area contributed by atoms with Gasteiger partial charge in [0.25, 0.3) is 0 Å². The third kappa shape index (κ3) is 5.27. The Morgan fingerprint density at radius 3 is 2.89 bits per heavy atom. The number of hydrogen-bond donors (Lipinski definition) is 0. The Kier molecular flexibility index (Phi) is 6.80. The molecule has 1 aliphatic heterocycles. The highest BCUT2D eigenvalue weighted by atomic mass is 35.5. The molecule has 0 aromatic heterocycles. The summed E-state index contributed by atoms with van der Waals surface area (Å²) in [5.74, 6) is 1.81. The molecule has 1 fully saturated rings. The van der Waals surface area contributed by atoms with E-state index in [1.807, 2.05) is 44.2 Å². The van der Waals surface area contributed by atoms with Gasteiger partial charge in [-0.1, -0.05) is 47.6 Å². The number of benzene rings is 2. The van der Waals surface area contributed by atoms with Crippen molar-refractivity contribution in [2.75, 3.05) is 18.9 Å². The largest absolute Gasteiger partial charge is 0.493 e. The van der Waals surface area contributed by atoms with E-state index in [0.717, 1.165) is 29.1 Å². The standard InChI is InChI=1S/C21H23ClN2O2S/c1-15-8-9-16(2)19(14-15)26-12-10-20(25)24-11-5-13-27-21(24)23-18-7-4-3-6-17(18)22/h3-4,6-9,14H,5,10-13H2,1-2H3. The van der Waals surface area contributed by atoms with Crippen LogP contribution < -0.4 is 4.74 Å². The van der Waals surface area contributed by atoms with Crippen molar-refractivity contribution < 1.29 is 9.53 Å². The highest BCUT2D eigenvalue weighted by molar-refractivity contribution is 8.13. The number of hydrogen-bond acceptors (Lipinski definition) is 4. The zero-order chi connectivity index (χ0) is 19.2. The van der Waals surface area contributed by atoms with E-state index in [4.69, 9.17) is 16.3 Å². The lowest BCUT2D eigenvalue weighted by atomic mass is 10.1. The molecule has 1 saturated heterocycles. The number of carbonyl (C=O) groups excluding carboxylic acids is 1. The summed E-state index contributed by atoms with van der Waals surface area (Å²) < 4.78 is 5.84. The molecule has 0 unspecified atom stereocenters. The zero-order valence-electron chi connectivity index (χ0n) is 15.6. The molecule has 0 saturated carbocycles. The average molecular weight is 403 g/mol. The summed E-state index contributed by atoms with van der Waals surface area (Å²) in [6, 6.07) is 13.5. The molecule has 0 N–H and O–H groups in total. The third-order valence-electron chi connectivity index (χ3n) is 4.27. The second kappa shape index (κ2) is 9.29. The van der Waals surface area contributed by atoms with Crippen LogP contribution in [-0.4, -0.2) is 34.9 Å². The maximum atomic E-state index is 12.7. The van der Waals surface area contributed by atoms with E-state index in [-0.39, 0.29) is 5.91 Å². The van der Waals surface area contributed by atoms with Crippen LogP contribution in [0.2, 0.25) is 5.02 Å². The molecule has 2 aromatic carbocycles. The first-order valence-electron chi connectivity index (χ1n) is 9.01. The average Bonchev–Trinajstić information content (AvgIpc) is 2.66. The number of rotatable bonds is 5. The minimum Gasteiger partial charge on any atom is -0.493 e. The number of nitrogens with zero attached hydrogens (tertiary/aromatic N) is 2. The summed E-state index contributed by atoms with van der Waals surface area (Å²) in [5.41, 5.74) is 2.90. The fraction of sp³-hybridized carbons (Fsp3) is 0.333. The van der Waals surface area contributed by atoms with Gasteiger partial charge in [-0.3, -0.25) is 9.69 Å². The Labute approximate surface area is 169 Å². The number of aryl methyl sites for hydroxylation is 2. The molecule has 0 bridgehead atoms. The van der Waals surface area contributed by atoms with E-state index in [1.165, 1.54) is 0 Å². The topological polar surface area (TPSA) is 41.9 Å². The van der Waals surface area contributed by atoms with Crippen LogP contribution in [0.1, 0.15) is 24.0 Å². The molecule has 0 spiro atoms. The summed E-state index contributed by atoms with van der Waals surface area (Å²) in [6.07, 6.45) is 1.27. The molecule has 0 aliphatic carbocycles. The normalized spacial score (nSPS) is 15.8. The number of amidine groups is 1. The Morgan fingerprint density at radius 1 is 1.26 bits per heavy atom. The Balaban J connectivity index is 1.65. The van der Waals surface area contributed by atoms with Crippen LogP contribution in [0.4, 0.5) is 5.69 Å². The summed E-state index contributed by atoms with van der Waals surface area (Å²) in [6.45, 7) is 5.06. The van der Waals surface area contributed by atoms with Crippen molar-refractivity contribution in [3.8, 4) is 5.75 Å². The van der Waals surface area contributed by atoms with Crippen molar-refractivity contribution in [1.82, 2.24) is 4.90 Å². The first kappa shape index (κ1) is 19.8. The van der Waals surface area contributed by atoms with E-state index >= 15 is 0 Å². The van der Waals surface area contributed by atoms with Crippen LogP contribution in [0.3, 0.4) is 0 Å². The van der Waals surface area contributed by atoms with Crippen LogP contribution in [0.5, 0.6) is 5.75 Å². The Morgan fingerprint density at radius 2 is 2.07 bits per heavy atom. The van der Waals surface area contributed by atoms with Gasteiger partial charge in [-0.15, -0.1) is 0 Å². The fourth-order valence-corrected chi connectivity index (χ4v) is 3.92. The van der Waals surface area contributed by atoms with Crippen LogP contribution >= 0.6 is 23.4 Å². The van der Waals surface area contributed by atoms with Crippen molar-refractivity contribution in [2.24, 2.45) is 4.99 Å². The molecule has 6 heteroatoms. The van der Waals surface area contributed by atoms with Gasteiger partial charge in [-0.05, 0) is 49.6 Å². The SMILES string of the molecule is Cc1ccc(C)c(OCCC(=O)N2CCCSC2=Nc2ccccc2Cl)c1. The molecule has 1 heterocycles. The number of para-hydroxylation sites is 1. The van der Waals surface area contributed by atoms with Gasteiger partial charge in [0.15, 0.2) is 5.17 Å². The van der Waals surface area contributed by atoms with E-state index in [9.17, 15) is 4.79 Å². The molecular weight excluding hydrogens is 380 g/mol. The lowest BCUT2D eigenvalue weighted by Gasteiger charge is -2.28. The third-order valence-corrected chi connectivity index (χ3v) is 5.66. The van der Waals surface area contributed by atoms with Gasteiger partial charge >= 0.3 is 0 Å². The van der Waals surface area contributed by atoms with Gasteiger partial charge in [0, 0.05) is 12.3 Å². The molecule has 1 amide bonds. The number of amides is 1. The van der Waals surface area contributed by atoms with Crippen molar-refractivity contribution in [3.05, 3.63) is 58.6 Å². The second-order valence-corrected chi connectivity index (χ2v) is 7.93. The second-order valence-electron chi connectivity index (χ2n) is 6.46. The predicted molar refractivity (Wildman–Crippen MR) is 113 cm³/mol. The van der Waals surface area contributed by atoms with Gasteiger partial charge in [0.05, 0.1) is 23.7 Å². The quantitative estimate of drug-likeness (QED) is 0.674. The number of carbonyl (C=O) groups is 1. The summed E-state index contributed by atoms with van der Waals surface area (Å²) in [4.78, 5) is 19.1. The zero-order valence-corrected chi connectivity index (χ0v) is 17.1. The predicted octanol–water partition coefficient (Wildman–Crippen LogP) is 5.38. The van der Waals surface area contributed by atoms with Gasteiger partial charge < -0.3 is 4.74 Å². The van der Waals surface area contributed by atoms with Gasteiger partial charge in [-0.25, -0.2) is 4.99 Å². The van der Waals surface area contributed by atoms with Crippen LogP contribution in [0.15, 0.2) is 47.5 Å². The molecule has 2 aromatic rings. The van der Waals surface area contributed by atoms with Crippen LogP contribution in [0.25, 0.3) is 0 Å². The summed E-state index contributed by atoms with van der Waals surface area (Å²) in [5, 5.41) is 1.30. The molecule has 0 radical (unpaired) electrons. The van der Waals surface area contributed by atoms with Crippen molar-refractivity contribution in [2.45, 2.75) is 26.7 Å². The van der Waals surface area contributed by atoms with E-state index < -0.39 is 0 Å². The molecular formula is C21H23ClN2O2S. The van der Waals surface area contributed by atoms with Crippen molar-refractivity contribution in [3.63, 3.8) is 0 Å². The molecule has 4 nitrogen and oxygen atoms in total. The van der Waals surface area contributed by atoms with E-state index in [0.29, 0.717) is 35.5 Å². The first-order valence-corrected chi connectivity index (χ1v) is 10.4. The highest BCUT2D eigenvalue weighted by Crippen LogP contribution is 2.28. The smallest absolute Gasteiger partial charge is 0.231 e. The maximum Gasteiger partial charge on any atom is 0.231 e. The summed E-state index contributed by atoms with van der Waals surface area (Å²) in [7, 11) is 0. The number of ether oxygens (including phenoxy) is 1.